The van der Waals surface area contributed by atoms with Crippen LogP contribution in [-0.2, 0) is 13.0 Å². The van der Waals surface area contributed by atoms with Crippen LogP contribution in [0.5, 0.6) is 0 Å². The Balaban J connectivity index is 1.64. The number of amides is 1. The molecule has 4 nitrogen and oxygen atoms in total. The van der Waals surface area contributed by atoms with E-state index in [0.29, 0.717) is 0 Å². The first-order chi connectivity index (χ1) is 12.7. The summed E-state index contributed by atoms with van der Waals surface area (Å²) >= 11 is 0. The second kappa shape index (κ2) is 8.86. The maximum atomic E-state index is 12.8. The number of carbonyl (C=O) groups is 1. The summed E-state index contributed by atoms with van der Waals surface area (Å²) in [5.41, 5.74) is 4.41. The third-order valence-electron chi connectivity index (χ3n) is 5.16. The Kier molecular flexibility index (Phi) is 6.29. The van der Waals surface area contributed by atoms with Crippen molar-refractivity contribution in [1.29, 1.82) is 0 Å². The number of anilines is 1. The van der Waals surface area contributed by atoms with Crippen molar-refractivity contribution < 1.29 is 4.79 Å². The largest absolute Gasteiger partial charge is 0.381 e. The zero-order valence-electron chi connectivity index (χ0n) is 15.9. The van der Waals surface area contributed by atoms with Crippen molar-refractivity contribution in [3.8, 4) is 0 Å². The van der Waals surface area contributed by atoms with Gasteiger partial charge >= 0.3 is 0 Å². The molecule has 0 aliphatic carbocycles. The topological polar surface area (TPSA) is 35.6 Å². The smallest absolute Gasteiger partial charge is 0.253 e. The van der Waals surface area contributed by atoms with Crippen molar-refractivity contribution >= 4 is 11.6 Å². The molecule has 1 aliphatic rings. The fourth-order valence-corrected chi connectivity index (χ4v) is 3.46. The van der Waals surface area contributed by atoms with Gasteiger partial charge in [0.25, 0.3) is 5.91 Å². The highest BCUT2D eigenvalue weighted by Crippen LogP contribution is 2.17. The Morgan fingerprint density at radius 1 is 1.00 bits per heavy atom. The van der Waals surface area contributed by atoms with Gasteiger partial charge < -0.3 is 15.1 Å². The Hall–Kier alpha value is -2.33. The molecule has 3 rings (SSSR count). The first-order valence-corrected chi connectivity index (χ1v) is 9.63. The molecule has 26 heavy (non-hydrogen) atoms. The zero-order valence-corrected chi connectivity index (χ0v) is 15.9. The number of aryl methyl sites for hydroxylation is 1. The lowest BCUT2D eigenvalue weighted by atomic mass is 10.1. The van der Waals surface area contributed by atoms with Crippen LogP contribution in [-0.4, -0.2) is 48.4 Å². The molecule has 138 valence electrons. The van der Waals surface area contributed by atoms with Gasteiger partial charge in [-0.2, -0.15) is 0 Å². The number of piperazine rings is 1. The van der Waals surface area contributed by atoms with Gasteiger partial charge in [-0.15, -0.1) is 0 Å². The van der Waals surface area contributed by atoms with Gasteiger partial charge in [0.2, 0.25) is 0 Å². The zero-order chi connectivity index (χ0) is 18.4. The highest BCUT2D eigenvalue weighted by molar-refractivity contribution is 5.94. The molecule has 0 unspecified atom stereocenters. The fraction of sp³-hybridized carbons (Fsp3) is 0.409. The molecule has 1 aliphatic heterocycles. The molecule has 1 saturated heterocycles. The predicted octanol–water partition coefficient (Wildman–Crippen LogP) is 3.64. The van der Waals surface area contributed by atoms with Crippen LogP contribution in [0.25, 0.3) is 0 Å². The van der Waals surface area contributed by atoms with E-state index in [2.05, 4.69) is 54.4 Å². The van der Waals surface area contributed by atoms with E-state index >= 15 is 0 Å². The summed E-state index contributed by atoms with van der Waals surface area (Å²) in [6, 6.07) is 16.4. The van der Waals surface area contributed by atoms with Crippen molar-refractivity contribution in [2.24, 2.45) is 0 Å². The monoisotopic (exact) mass is 351 g/mol. The molecule has 1 heterocycles. The minimum absolute atomic E-state index is 0.150. The second-order valence-electron chi connectivity index (χ2n) is 6.79. The van der Waals surface area contributed by atoms with Gasteiger partial charge in [-0.3, -0.25) is 4.79 Å². The third-order valence-corrected chi connectivity index (χ3v) is 5.16. The van der Waals surface area contributed by atoms with E-state index in [-0.39, 0.29) is 5.91 Å². The SMILES string of the molecule is CCc1ccccc1NCc1cccc(C(=O)N2CCN(CC)CC2)c1. The van der Waals surface area contributed by atoms with Gasteiger partial charge in [0, 0.05) is 44.0 Å². The first-order valence-electron chi connectivity index (χ1n) is 9.63. The predicted molar refractivity (Wildman–Crippen MR) is 108 cm³/mol. The summed E-state index contributed by atoms with van der Waals surface area (Å²) < 4.78 is 0. The van der Waals surface area contributed by atoms with Gasteiger partial charge in [0.15, 0.2) is 0 Å². The fourth-order valence-electron chi connectivity index (χ4n) is 3.46. The second-order valence-corrected chi connectivity index (χ2v) is 6.79. The lowest BCUT2D eigenvalue weighted by molar-refractivity contribution is 0.0643. The van der Waals surface area contributed by atoms with Gasteiger partial charge in [-0.05, 0) is 42.3 Å². The maximum Gasteiger partial charge on any atom is 0.253 e. The van der Waals surface area contributed by atoms with E-state index in [4.69, 9.17) is 0 Å². The van der Waals surface area contributed by atoms with Crippen LogP contribution >= 0.6 is 0 Å². The van der Waals surface area contributed by atoms with Crippen LogP contribution in [0, 0.1) is 0 Å². The van der Waals surface area contributed by atoms with Gasteiger partial charge in [0.1, 0.15) is 0 Å². The average molecular weight is 351 g/mol. The molecule has 2 aromatic carbocycles. The molecule has 4 heteroatoms. The van der Waals surface area contributed by atoms with Crippen molar-refractivity contribution in [3.63, 3.8) is 0 Å². The normalized spacial score (nSPS) is 15.1. The molecule has 1 fully saturated rings. The third kappa shape index (κ3) is 4.44. The summed E-state index contributed by atoms with van der Waals surface area (Å²) in [5, 5.41) is 3.51. The van der Waals surface area contributed by atoms with Crippen molar-refractivity contribution in [1.82, 2.24) is 9.80 Å². The number of benzene rings is 2. The van der Waals surface area contributed by atoms with E-state index in [1.807, 2.05) is 23.1 Å². The van der Waals surface area contributed by atoms with Crippen LogP contribution < -0.4 is 5.32 Å². The van der Waals surface area contributed by atoms with Gasteiger partial charge in [-0.25, -0.2) is 0 Å². The molecule has 0 atom stereocenters. The number of carbonyl (C=O) groups excluding carboxylic acids is 1. The van der Waals surface area contributed by atoms with Crippen LogP contribution in [0.15, 0.2) is 48.5 Å². The average Bonchev–Trinajstić information content (AvgIpc) is 2.72. The lowest BCUT2D eigenvalue weighted by Crippen LogP contribution is -2.48. The summed E-state index contributed by atoms with van der Waals surface area (Å²) in [4.78, 5) is 17.2. The van der Waals surface area contributed by atoms with E-state index in [0.717, 1.165) is 56.8 Å². The molecular weight excluding hydrogens is 322 g/mol. The Morgan fingerprint density at radius 3 is 2.50 bits per heavy atom. The number of likely N-dealkylation sites (N-methyl/N-ethyl adjacent to an activating group) is 1. The summed E-state index contributed by atoms with van der Waals surface area (Å²) in [6.07, 6.45) is 1.01. The summed E-state index contributed by atoms with van der Waals surface area (Å²) in [5.74, 6) is 0.150. The molecule has 2 aromatic rings. The van der Waals surface area contributed by atoms with E-state index in [1.165, 1.54) is 11.3 Å². The Bertz CT molecular complexity index is 736. The van der Waals surface area contributed by atoms with Crippen LogP contribution in [0.1, 0.15) is 35.3 Å². The van der Waals surface area contributed by atoms with Gasteiger partial charge in [0.05, 0.1) is 0 Å². The molecule has 0 spiro atoms. The van der Waals surface area contributed by atoms with Gasteiger partial charge in [-0.1, -0.05) is 44.2 Å². The lowest BCUT2D eigenvalue weighted by Gasteiger charge is -2.34. The minimum Gasteiger partial charge on any atom is -0.381 e. The quantitative estimate of drug-likeness (QED) is 0.863. The number of rotatable bonds is 6. The highest BCUT2D eigenvalue weighted by atomic mass is 16.2. The van der Waals surface area contributed by atoms with Crippen molar-refractivity contribution in [2.75, 3.05) is 38.0 Å². The van der Waals surface area contributed by atoms with Crippen molar-refractivity contribution in [2.45, 2.75) is 26.8 Å². The Morgan fingerprint density at radius 2 is 1.77 bits per heavy atom. The van der Waals surface area contributed by atoms with Crippen LogP contribution in [0.4, 0.5) is 5.69 Å². The van der Waals surface area contributed by atoms with Crippen LogP contribution in [0.2, 0.25) is 0 Å². The van der Waals surface area contributed by atoms with Crippen LogP contribution in [0.3, 0.4) is 0 Å². The molecule has 1 amide bonds. The number of nitrogens with zero attached hydrogens (tertiary/aromatic N) is 2. The molecular formula is C22H29N3O. The molecule has 1 N–H and O–H groups in total. The Labute approximate surface area is 156 Å². The van der Waals surface area contributed by atoms with E-state index in [1.54, 1.807) is 0 Å². The molecule has 0 radical (unpaired) electrons. The minimum atomic E-state index is 0.150. The maximum absolute atomic E-state index is 12.8. The standard InChI is InChI=1S/C22H29N3O/c1-3-19-9-5-6-11-21(19)23-17-18-8-7-10-20(16-18)22(26)25-14-12-24(4-2)13-15-25/h5-11,16,23H,3-4,12-15,17H2,1-2H3. The van der Waals surface area contributed by atoms with E-state index in [9.17, 15) is 4.79 Å². The number of para-hydroxylation sites is 1. The molecule has 0 aromatic heterocycles. The molecule has 0 saturated carbocycles. The number of hydrogen-bond acceptors (Lipinski definition) is 3. The number of nitrogens with one attached hydrogen (secondary N) is 1. The number of hydrogen-bond donors (Lipinski definition) is 1. The summed E-state index contributed by atoms with van der Waals surface area (Å²) in [7, 11) is 0. The van der Waals surface area contributed by atoms with Crippen molar-refractivity contribution in [3.05, 3.63) is 65.2 Å². The first kappa shape index (κ1) is 18.5. The highest BCUT2D eigenvalue weighted by Gasteiger charge is 2.21. The van der Waals surface area contributed by atoms with E-state index < -0.39 is 0 Å². The summed E-state index contributed by atoms with van der Waals surface area (Å²) in [6.45, 7) is 9.69. The molecule has 0 bridgehead atoms.